The van der Waals surface area contributed by atoms with E-state index in [0.717, 1.165) is 29.3 Å². The maximum absolute atomic E-state index is 12.3. The van der Waals surface area contributed by atoms with E-state index < -0.39 is 0 Å². The first-order valence-electron chi connectivity index (χ1n) is 7.73. The summed E-state index contributed by atoms with van der Waals surface area (Å²) in [5.41, 5.74) is 2.76. The van der Waals surface area contributed by atoms with Crippen LogP contribution in [-0.4, -0.2) is 29.2 Å². The van der Waals surface area contributed by atoms with E-state index in [1.807, 2.05) is 41.1 Å². The highest BCUT2D eigenvalue weighted by Crippen LogP contribution is 2.28. The van der Waals surface area contributed by atoms with E-state index in [-0.39, 0.29) is 5.91 Å². The number of hydrogen-bond donors (Lipinski definition) is 1. The summed E-state index contributed by atoms with van der Waals surface area (Å²) in [5.74, 6) is -0.172. The SMILES string of the molecule is CCN(CC)c1ccc(C(=O)Nc2nnc(-c3ccsc3)s2)cc1. The van der Waals surface area contributed by atoms with E-state index in [2.05, 4.69) is 34.3 Å². The molecule has 5 nitrogen and oxygen atoms in total. The van der Waals surface area contributed by atoms with Crippen LogP contribution in [0.5, 0.6) is 0 Å². The van der Waals surface area contributed by atoms with E-state index >= 15 is 0 Å². The minimum Gasteiger partial charge on any atom is -0.372 e. The van der Waals surface area contributed by atoms with E-state index in [1.54, 1.807) is 11.3 Å². The molecular formula is C17H18N4OS2. The number of rotatable bonds is 6. The van der Waals surface area contributed by atoms with Crippen LogP contribution in [-0.2, 0) is 0 Å². The summed E-state index contributed by atoms with van der Waals surface area (Å²) in [6.45, 7) is 6.12. The zero-order chi connectivity index (χ0) is 16.9. The topological polar surface area (TPSA) is 58.1 Å². The molecule has 24 heavy (non-hydrogen) atoms. The minimum absolute atomic E-state index is 0.172. The van der Waals surface area contributed by atoms with Gasteiger partial charge in [0.25, 0.3) is 5.91 Å². The highest BCUT2D eigenvalue weighted by molar-refractivity contribution is 7.19. The van der Waals surface area contributed by atoms with Crippen LogP contribution < -0.4 is 10.2 Å². The molecule has 0 radical (unpaired) electrons. The lowest BCUT2D eigenvalue weighted by molar-refractivity contribution is 0.102. The fraction of sp³-hybridized carbons (Fsp3) is 0.235. The van der Waals surface area contributed by atoms with Crippen LogP contribution in [0.2, 0.25) is 0 Å². The molecule has 1 N–H and O–H groups in total. The third-order valence-electron chi connectivity index (χ3n) is 3.67. The molecule has 0 atom stereocenters. The van der Waals surface area contributed by atoms with Crippen molar-refractivity contribution in [3.8, 4) is 10.6 Å². The molecule has 0 aliphatic heterocycles. The number of thiophene rings is 1. The van der Waals surface area contributed by atoms with Crippen molar-refractivity contribution < 1.29 is 4.79 Å². The molecule has 3 rings (SSSR count). The number of hydrogen-bond acceptors (Lipinski definition) is 6. The maximum atomic E-state index is 12.3. The van der Waals surface area contributed by atoms with Gasteiger partial charge in [0.2, 0.25) is 5.13 Å². The quantitative estimate of drug-likeness (QED) is 0.711. The molecule has 0 unspecified atom stereocenters. The first kappa shape index (κ1) is 16.6. The van der Waals surface area contributed by atoms with Gasteiger partial charge in [-0.3, -0.25) is 10.1 Å². The Balaban J connectivity index is 1.69. The molecule has 2 heterocycles. The van der Waals surface area contributed by atoms with Crippen LogP contribution in [0.4, 0.5) is 10.8 Å². The lowest BCUT2D eigenvalue weighted by Crippen LogP contribution is -2.21. The lowest BCUT2D eigenvalue weighted by Gasteiger charge is -2.20. The summed E-state index contributed by atoms with van der Waals surface area (Å²) in [6, 6.07) is 9.61. The van der Waals surface area contributed by atoms with E-state index in [4.69, 9.17) is 0 Å². The second kappa shape index (κ2) is 7.55. The molecule has 0 saturated carbocycles. The second-order valence-corrected chi connectivity index (χ2v) is 6.86. The minimum atomic E-state index is -0.172. The molecular weight excluding hydrogens is 340 g/mol. The van der Waals surface area contributed by atoms with Crippen molar-refractivity contribution in [3.05, 3.63) is 46.7 Å². The van der Waals surface area contributed by atoms with Gasteiger partial charge in [0.15, 0.2) is 0 Å². The summed E-state index contributed by atoms with van der Waals surface area (Å²) in [4.78, 5) is 14.6. The first-order valence-corrected chi connectivity index (χ1v) is 9.49. The Morgan fingerprint density at radius 1 is 1.12 bits per heavy atom. The van der Waals surface area contributed by atoms with Crippen LogP contribution in [0, 0.1) is 0 Å². The van der Waals surface area contributed by atoms with Crippen LogP contribution in [0.3, 0.4) is 0 Å². The third-order valence-corrected chi connectivity index (χ3v) is 5.24. The summed E-state index contributed by atoms with van der Waals surface area (Å²) in [6.07, 6.45) is 0. The number of nitrogens with zero attached hydrogens (tertiary/aromatic N) is 3. The monoisotopic (exact) mass is 358 g/mol. The molecule has 2 aromatic heterocycles. The maximum Gasteiger partial charge on any atom is 0.257 e. The molecule has 0 spiro atoms. The number of aromatic nitrogens is 2. The normalized spacial score (nSPS) is 10.6. The van der Waals surface area contributed by atoms with Gasteiger partial charge in [0.05, 0.1) is 0 Å². The van der Waals surface area contributed by atoms with Crippen molar-refractivity contribution in [1.82, 2.24) is 10.2 Å². The molecule has 0 fully saturated rings. The molecule has 1 amide bonds. The zero-order valence-corrected chi connectivity index (χ0v) is 15.2. The molecule has 0 saturated heterocycles. The van der Waals surface area contributed by atoms with Crippen molar-refractivity contribution in [2.45, 2.75) is 13.8 Å². The van der Waals surface area contributed by atoms with Crippen molar-refractivity contribution in [1.29, 1.82) is 0 Å². The zero-order valence-electron chi connectivity index (χ0n) is 13.5. The fourth-order valence-electron chi connectivity index (χ4n) is 2.36. The Labute approximate surface area is 149 Å². The highest BCUT2D eigenvalue weighted by Gasteiger charge is 2.12. The van der Waals surface area contributed by atoms with E-state index in [9.17, 15) is 4.79 Å². The van der Waals surface area contributed by atoms with Crippen molar-refractivity contribution in [3.63, 3.8) is 0 Å². The molecule has 7 heteroatoms. The number of carbonyl (C=O) groups excluding carboxylic acids is 1. The van der Waals surface area contributed by atoms with Gasteiger partial charge >= 0.3 is 0 Å². The van der Waals surface area contributed by atoms with Crippen molar-refractivity contribution in [2.75, 3.05) is 23.3 Å². The van der Waals surface area contributed by atoms with E-state index in [0.29, 0.717) is 10.7 Å². The van der Waals surface area contributed by atoms with Gasteiger partial charge < -0.3 is 4.90 Å². The Kier molecular flexibility index (Phi) is 5.22. The highest BCUT2D eigenvalue weighted by atomic mass is 32.1. The third kappa shape index (κ3) is 3.63. The molecule has 0 aliphatic rings. The average Bonchev–Trinajstić information content (AvgIpc) is 3.28. The average molecular weight is 358 g/mol. The van der Waals surface area contributed by atoms with Gasteiger partial charge in [-0.1, -0.05) is 11.3 Å². The van der Waals surface area contributed by atoms with Crippen molar-refractivity contribution in [2.24, 2.45) is 0 Å². The van der Waals surface area contributed by atoms with Crippen molar-refractivity contribution >= 4 is 39.4 Å². The largest absolute Gasteiger partial charge is 0.372 e. The number of benzene rings is 1. The van der Waals surface area contributed by atoms with Gasteiger partial charge in [-0.15, -0.1) is 10.2 Å². The molecule has 3 aromatic rings. The molecule has 1 aromatic carbocycles. The Morgan fingerprint density at radius 3 is 2.50 bits per heavy atom. The Morgan fingerprint density at radius 2 is 1.88 bits per heavy atom. The predicted octanol–water partition coefficient (Wildman–Crippen LogP) is 4.37. The Hall–Kier alpha value is -2.25. The molecule has 0 bridgehead atoms. The summed E-state index contributed by atoms with van der Waals surface area (Å²) in [5, 5.41) is 16.3. The van der Waals surface area contributed by atoms with Crippen LogP contribution in [0.15, 0.2) is 41.1 Å². The summed E-state index contributed by atoms with van der Waals surface area (Å²) < 4.78 is 0. The van der Waals surface area contributed by atoms with Gasteiger partial charge in [-0.05, 0) is 49.6 Å². The van der Waals surface area contributed by atoms with Gasteiger partial charge in [-0.2, -0.15) is 11.3 Å². The number of carbonyl (C=O) groups is 1. The van der Waals surface area contributed by atoms with Crippen LogP contribution in [0.1, 0.15) is 24.2 Å². The van der Waals surface area contributed by atoms with E-state index in [1.165, 1.54) is 11.3 Å². The summed E-state index contributed by atoms with van der Waals surface area (Å²) >= 11 is 2.98. The van der Waals surface area contributed by atoms with Gasteiger partial charge in [-0.25, -0.2) is 0 Å². The fourth-order valence-corrected chi connectivity index (χ4v) is 3.81. The van der Waals surface area contributed by atoms with Crippen LogP contribution >= 0.6 is 22.7 Å². The standard InChI is InChI=1S/C17H18N4OS2/c1-3-21(4-2)14-7-5-12(6-8-14)15(22)18-17-20-19-16(24-17)13-9-10-23-11-13/h5-11H,3-4H2,1-2H3,(H,18,20,22). The first-order chi connectivity index (χ1) is 11.7. The molecule has 0 aliphatic carbocycles. The number of anilines is 2. The number of nitrogens with one attached hydrogen (secondary N) is 1. The smallest absolute Gasteiger partial charge is 0.257 e. The Bertz CT molecular complexity index is 792. The number of amides is 1. The van der Waals surface area contributed by atoms with Gasteiger partial charge in [0, 0.05) is 35.3 Å². The predicted molar refractivity (Wildman–Crippen MR) is 101 cm³/mol. The lowest BCUT2D eigenvalue weighted by atomic mass is 10.2. The van der Waals surface area contributed by atoms with Crippen LogP contribution in [0.25, 0.3) is 10.6 Å². The summed E-state index contributed by atoms with van der Waals surface area (Å²) in [7, 11) is 0. The second-order valence-electron chi connectivity index (χ2n) is 5.10. The molecule has 124 valence electrons. The van der Waals surface area contributed by atoms with Gasteiger partial charge in [0.1, 0.15) is 5.01 Å².